The number of nitrogens with zero attached hydrogens (tertiary/aromatic N) is 3. The van der Waals surface area contributed by atoms with Crippen LogP contribution in [0.25, 0.3) is 0 Å². The highest BCUT2D eigenvalue weighted by atomic mass is 32.1. The maximum atomic E-state index is 13.3. The topological polar surface area (TPSA) is 53.1 Å². The Bertz CT molecular complexity index is 946. The second kappa shape index (κ2) is 9.53. The van der Waals surface area contributed by atoms with E-state index in [2.05, 4.69) is 29.2 Å². The van der Waals surface area contributed by atoms with Gasteiger partial charge in [-0.3, -0.25) is 9.69 Å². The molecule has 2 aromatic carbocycles. The first-order valence-electron chi connectivity index (χ1n) is 10.3. The molecule has 6 nitrogen and oxygen atoms in total. The van der Waals surface area contributed by atoms with E-state index in [9.17, 15) is 14.0 Å². The summed E-state index contributed by atoms with van der Waals surface area (Å²) >= 11 is 5.57. The first kappa shape index (κ1) is 21.4. The highest BCUT2D eigenvalue weighted by molar-refractivity contribution is 7.80. The quantitative estimate of drug-likeness (QED) is 0.487. The van der Waals surface area contributed by atoms with E-state index in [0.717, 1.165) is 38.2 Å². The van der Waals surface area contributed by atoms with E-state index in [1.807, 2.05) is 0 Å². The molecule has 0 bridgehead atoms. The third-order valence-electron chi connectivity index (χ3n) is 5.68. The van der Waals surface area contributed by atoms with Crippen LogP contribution in [0.5, 0.6) is 0 Å². The van der Waals surface area contributed by atoms with Gasteiger partial charge in [0.15, 0.2) is 5.11 Å². The Balaban J connectivity index is 1.45. The largest absolute Gasteiger partial charge is 0.378 e. The molecule has 2 saturated heterocycles. The number of halogens is 1. The minimum absolute atomic E-state index is 0.0621. The summed E-state index contributed by atoms with van der Waals surface area (Å²) in [7, 11) is 0. The Hall–Kier alpha value is -2.84. The fourth-order valence-corrected chi connectivity index (χ4v) is 4.40. The van der Waals surface area contributed by atoms with Gasteiger partial charge in [-0.05, 0) is 60.6 Å². The molecular weight excluding hydrogens is 417 g/mol. The number of hydrogen-bond donors (Lipinski definition) is 0. The fraction of sp³-hybridized carbons (Fsp3) is 0.348. The van der Waals surface area contributed by atoms with Crippen molar-refractivity contribution in [3.05, 3.63) is 59.9 Å². The average molecular weight is 442 g/mol. The van der Waals surface area contributed by atoms with Gasteiger partial charge in [0, 0.05) is 31.7 Å². The highest BCUT2D eigenvalue weighted by Crippen LogP contribution is 2.27. The van der Waals surface area contributed by atoms with Crippen molar-refractivity contribution in [3.8, 4) is 0 Å². The summed E-state index contributed by atoms with van der Waals surface area (Å²) in [4.78, 5) is 29.6. The van der Waals surface area contributed by atoms with Gasteiger partial charge in [-0.25, -0.2) is 4.39 Å². The zero-order valence-corrected chi connectivity index (χ0v) is 17.9. The summed E-state index contributed by atoms with van der Waals surface area (Å²) in [6.07, 6.45) is 1.49. The Morgan fingerprint density at radius 3 is 2.32 bits per heavy atom. The molecule has 31 heavy (non-hydrogen) atoms. The van der Waals surface area contributed by atoms with Crippen LogP contribution in [0.1, 0.15) is 12.0 Å². The fourth-order valence-electron chi connectivity index (χ4n) is 3.98. The first-order valence-corrected chi connectivity index (χ1v) is 10.7. The van der Waals surface area contributed by atoms with Gasteiger partial charge in [-0.15, -0.1) is 0 Å². The third-order valence-corrected chi connectivity index (χ3v) is 6.09. The van der Waals surface area contributed by atoms with Crippen molar-refractivity contribution in [1.82, 2.24) is 4.90 Å². The summed E-state index contributed by atoms with van der Waals surface area (Å²) < 4.78 is 18.7. The van der Waals surface area contributed by atoms with E-state index in [1.165, 1.54) is 34.9 Å². The smallest absolute Gasteiger partial charge is 0.256 e. The van der Waals surface area contributed by atoms with Crippen LogP contribution < -0.4 is 9.80 Å². The number of carbonyl (C=O) groups is 2. The standard InChI is InChI=1S/C23H24FN3O3S/c24-18-3-7-20(8-4-18)27-22(29)21(10-14-28)26(23(27)31)11-9-17-1-5-19(6-2-17)25-12-15-30-16-13-25/h1-8,14,21H,9-13,15-16H2. The summed E-state index contributed by atoms with van der Waals surface area (Å²) in [6, 6.07) is 13.3. The van der Waals surface area contributed by atoms with Crippen molar-refractivity contribution >= 4 is 40.9 Å². The second-order valence-electron chi connectivity index (χ2n) is 7.56. The molecule has 0 saturated carbocycles. The number of thiocarbonyl (C=S) groups is 1. The molecule has 1 atom stereocenters. The van der Waals surface area contributed by atoms with Crippen molar-refractivity contribution in [1.29, 1.82) is 0 Å². The van der Waals surface area contributed by atoms with Crippen LogP contribution in [-0.4, -0.2) is 61.1 Å². The zero-order chi connectivity index (χ0) is 21.8. The Morgan fingerprint density at radius 1 is 1.03 bits per heavy atom. The van der Waals surface area contributed by atoms with Gasteiger partial charge in [0.1, 0.15) is 18.1 Å². The lowest BCUT2D eigenvalue weighted by molar-refractivity contribution is -0.122. The van der Waals surface area contributed by atoms with Crippen molar-refractivity contribution in [2.24, 2.45) is 0 Å². The number of anilines is 2. The minimum atomic E-state index is -0.636. The predicted molar refractivity (Wildman–Crippen MR) is 121 cm³/mol. The summed E-state index contributed by atoms with van der Waals surface area (Å²) in [5.74, 6) is -0.644. The molecule has 8 heteroatoms. The second-order valence-corrected chi connectivity index (χ2v) is 7.93. The summed E-state index contributed by atoms with van der Waals surface area (Å²) in [6.45, 7) is 3.76. The lowest BCUT2D eigenvalue weighted by Gasteiger charge is -2.29. The summed E-state index contributed by atoms with van der Waals surface area (Å²) in [5, 5.41) is 0.341. The van der Waals surface area contributed by atoms with Gasteiger partial charge in [0.2, 0.25) is 0 Å². The monoisotopic (exact) mass is 441 g/mol. The number of amides is 1. The molecule has 1 amide bonds. The Labute approximate surface area is 186 Å². The molecule has 1 unspecified atom stereocenters. The Morgan fingerprint density at radius 2 is 1.68 bits per heavy atom. The molecule has 162 valence electrons. The number of benzene rings is 2. The first-order chi connectivity index (χ1) is 15.1. The van der Waals surface area contributed by atoms with Crippen LogP contribution >= 0.6 is 12.2 Å². The van der Waals surface area contributed by atoms with Gasteiger partial charge in [0.05, 0.1) is 18.9 Å². The van der Waals surface area contributed by atoms with E-state index in [4.69, 9.17) is 17.0 Å². The molecule has 4 rings (SSSR count). The molecule has 2 aliphatic heterocycles. The average Bonchev–Trinajstić information content (AvgIpc) is 3.03. The van der Waals surface area contributed by atoms with E-state index in [0.29, 0.717) is 23.8 Å². The van der Waals surface area contributed by atoms with Gasteiger partial charge in [-0.2, -0.15) is 0 Å². The van der Waals surface area contributed by atoms with Crippen LogP contribution in [0, 0.1) is 5.82 Å². The van der Waals surface area contributed by atoms with Gasteiger partial charge in [0.25, 0.3) is 5.91 Å². The molecule has 0 spiro atoms. The van der Waals surface area contributed by atoms with Crippen LogP contribution in [-0.2, 0) is 20.7 Å². The van der Waals surface area contributed by atoms with Crippen molar-refractivity contribution in [2.45, 2.75) is 18.9 Å². The van der Waals surface area contributed by atoms with Crippen molar-refractivity contribution in [2.75, 3.05) is 42.6 Å². The van der Waals surface area contributed by atoms with E-state index in [1.54, 1.807) is 4.90 Å². The molecule has 0 aromatic heterocycles. The maximum absolute atomic E-state index is 13.3. The number of hydrogen-bond acceptors (Lipinski definition) is 5. The minimum Gasteiger partial charge on any atom is -0.378 e. The van der Waals surface area contributed by atoms with Crippen LogP contribution in [0.3, 0.4) is 0 Å². The molecule has 2 fully saturated rings. The number of rotatable bonds is 7. The molecule has 2 heterocycles. The maximum Gasteiger partial charge on any atom is 0.256 e. The van der Waals surface area contributed by atoms with Crippen LogP contribution in [0.2, 0.25) is 0 Å². The molecule has 0 radical (unpaired) electrons. The van der Waals surface area contributed by atoms with Crippen LogP contribution in [0.4, 0.5) is 15.8 Å². The molecule has 2 aromatic rings. The van der Waals surface area contributed by atoms with Crippen molar-refractivity contribution < 1.29 is 18.7 Å². The number of carbonyl (C=O) groups excluding carboxylic acids is 2. The zero-order valence-electron chi connectivity index (χ0n) is 17.1. The molecular formula is C23H24FN3O3S. The van der Waals surface area contributed by atoms with Gasteiger partial charge >= 0.3 is 0 Å². The normalized spacial score (nSPS) is 19.3. The van der Waals surface area contributed by atoms with Gasteiger partial charge in [-0.1, -0.05) is 12.1 Å². The Kier molecular flexibility index (Phi) is 6.58. The highest BCUT2D eigenvalue weighted by Gasteiger charge is 2.42. The summed E-state index contributed by atoms with van der Waals surface area (Å²) in [5.41, 5.74) is 2.79. The molecule has 0 N–H and O–H groups in total. The number of ether oxygens (including phenoxy) is 1. The lowest BCUT2D eigenvalue weighted by atomic mass is 10.1. The molecule has 0 aliphatic carbocycles. The van der Waals surface area contributed by atoms with Crippen molar-refractivity contribution in [3.63, 3.8) is 0 Å². The molecule has 2 aliphatic rings. The van der Waals surface area contributed by atoms with Gasteiger partial charge < -0.3 is 19.3 Å². The third kappa shape index (κ3) is 4.60. The van der Waals surface area contributed by atoms with E-state index in [-0.39, 0.29) is 18.1 Å². The van der Waals surface area contributed by atoms with E-state index >= 15 is 0 Å². The SMILES string of the molecule is O=CCC1C(=O)N(c2ccc(F)cc2)C(=S)N1CCc1ccc(N2CCOCC2)cc1. The lowest BCUT2D eigenvalue weighted by Crippen LogP contribution is -2.37. The number of aldehydes is 1. The number of morpholine rings is 1. The van der Waals surface area contributed by atoms with Crippen LogP contribution in [0.15, 0.2) is 48.5 Å². The van der Waals surface area contributed by atoms with E-state index < -0.39 is 6.04 Å². The predicted octanol–water partition coefficient (Wildman–Crippen LogP) is 2.80.